The van der Waals surface area contributed by atoms with E-state index < -0.39 is 15.7 Å². The molecular formula is C5H9NO3S. The highest BCUT2D eigenvalue weighted by Crippen LogP contribution is 2.00. The first-order valence-electron chi connectivity index (χ1n) is 2.99. The molecule has 1 rings (SSSR count). The Kier molecular flexibility index (Phi) is 1.68. The molecule has 58 valence electrons. The lowest BCUT2D eigenvalue weighted by Gasteiger charge is -2.18. The highest BCUT2D eigenvalue weighted by Gasteiger charge is 2.26. The van der Waals surface area contributed by atoms with Crippen molar-refractivity contribution in [3.63, 3.8) is 0 Å². The van der Waals surface area contributed by atoms with Crippen LogP contribution in [0.2, 0.25) is 0 Å². The lowest BCUT2D eigenvalue weighted by Crippen LogP contribution is -2.47. The number of carbonyl (C=O) groups is 1. The number of nitrogens with one attached hydrogen (secondary N) is 1. The van der Waals surface area contributed by atoms with E-state index >= 15 is 0 Å². The highest BCUT2D eigenvalue weighted by atomic mass is 32.2. The monoisotopic (exact) mass is 163 g/mol. The van der Waals surface area contributed by atoms with Crippen molar-refractivity contribution in [1.29, 1.82) is 0 Å². The van der Waals surface area contributed by atoms with Crippen molar-refractivity contribution >= 4 is 15.7 Å². The topological polar surface area (TPSA) is 63.2 Å². The molecule has 1 N–H and O–H groups in total. The van der Waals surface area contributed by atoms with Crippen LogP contribution in [0.3, 0.4) is 0 Å². The molecule has 0 spiro atoms. The largest absolute Gasteiger partial charge is 0.352 e. The third kappa shape index (κ3) is 1.70. The first-order chi connectivity index (χ1) is 4.49. The zero-order valence-electron chi connectivity index (χ0n) is 5.62. The average molecular weight is 163 g/mol. The second-order valence-electron chi connectivity index (χ2n) is 2.52. The van der Waals surface area contributed by atoms with Crippen molar-refractivity contribution in [1.82, 2.24) is 5.32 Å². The van der Waals surface area contributed by atoms with Gasteiger partial charge < -0.3 is 5.32 Å². The van der Waals surface area contributed by atoms with Crippen LogP contribution >= 0.6 is 0 Å². The van der Waals surface area contributed by atoms with Gasteiger partial charge in [-0.1, -0.05) is 0 Å². The summed E-state index contributed by atoms with van der Waals surface area (Å²) in [7, 11) is -3.09. The van der Waals surface area contributed by atoms with Gasteiger partial charge in [0.1, 0.15) is 5.75 Å². The number of carbonyl (C=O) groups excluding carboxylic acids is 1. The molecule has 1 saturated heterocycles. The average Bonchev–Trinajstić information content (AvgIpc) is 1.54. The number of hydrogen-bond acceptors (Lipinski definition) is 3. The Morgan fingerprint density at radius 1 is 1.60 bits per heavy atom. The van der Waals surface area contributed by atoms with Crippen molar-refractivity contribution < 1.29 is 13.2 Å². The molecule has 0 aliphatic carbocycles. The zero-order valence-corrected chi connectivity index (χ0v) is 6.44. The van der Waals surface area contributed by atoms with Crippen LogP contribution in [0.25, 0.3) is 0 Å². The Balaban J connectivity index is 2.79. The van der Waals surface area contributed by atoms with Gasteiger partial charge in [-0.05, 0) is 6.92 Å². The van der Waals surface area contributed by atoms with E-state index in [0.29, 0.717) is 0 Å². The molecule has 1 fully saturated rings. The quantitative estimate of drug-likeness (QED) is 0.494. The zero-order chi connectivity index (χ0) is 7.78. The van der Waals surface area contributed by atoms with Crippen LogP contribution < -0.4 is 5.32 Å². The molecule has 1 aliphatic rings. The third-order valence-corrected chi connectivity index (χ3v) is 2.97. The summed E-state index contributed by atoms with van der Waals surface area (Å²) >= 11 is 0. The third-order valence-electron chi connectivity index (χ3n) is 1.26. The molecule has 0 aromatic carbocycles. The van der Waals surface area contributed by atoms with Gasteiger partial charge in [0.25, 0.3) is 0 Å². The Hall–Kier alpha value is -0.580. The Labute approximate surface area is 59.5 Å². The fourth-order valence-corrected chi connectivity index (χ4v) is 2.44. The summed E-state index contributed by atoms with van der Waals surface area (Å²) in [5.74, 6) is -0.672. The molecule has 1 amide bonds. The maximum absolute atomic E-state index is 10.8. The predicted molar refractivity (Wildman–Crippen MR) is 36.3 cm³/mol. The number of sulfone groups is 1. The van der Waals surface area contributed by atoms with E-state index in [1.165, 1.54) is 0 Å². The Bertz CT molecular complexity index is 244. The fourth-order valence-electron chi connectivity index (χ4n) is 0.998. The van der Waals surface area contributed by atoms with Gasteiger partial charge in [0.05, 0.1) is 5.75 Å². The second-order valence-corrected chi connectivity index (χ2v) is 4.63. The molecule has 0 aromatic rings. The summed E-state index contributed by atoms with van der Waals surface area (Å²) < 4.78 is 21.6. The van der Waals surface area contributed by atoms with Crippen molar-refractivity contribution in [2.75, 3.05) is 11.5 Å². The second kappa shape index (κ2) is 2.23. The predicted octanol–water partition coefficient (Wildman–Crippen LogP) is -1.08. The summed E-state index contributed by atoms with van der Waals surface area (Å²) in [6.45, 7) is 1.68. The highest BCUT2D eigenvalue weighted by molar-refractivity contribution is 7.92. The van der Waals surface area contributed by atoms with Crippen LogP contribution in [0.4, 0.5) is 0 Å². The smallest absolute Gasteiger partial charge is 0.235 e. The Morgan fingerprint density at radius 2 is 2.20 bits per heavy atom. The normalized spacial score (nSPS) is 31.3. The summed E-state index contributed by atoms with van der Waals surface area (Å²) in [6, 6.07) is -0.230. The molecule has 0 aromatic heterocycles. The van der Waals surface area contributed by atoms with Crippen LogP contribution in [-0.4, -0.2) is 31.9 Å². The van der Waals surface area contributed by atoms with Gasteiger partial charge >= 0.3 is 0 Å². The van der Waals surface area contributed by atoms with Gasteiger partial charge in [-0.25, -0.2) is 8.42 Å². The molecule has 0 saturated carbocycles. The lowest BCUT2D eigenvalue weighted by molar-refractivity contribution is -0.119. The fraction of sp³-hybridized carbons (Fsp3) is 0.800. The maximum Gasteiger partial charge on any atom is 0.235 e. The van der Waals surface area contributed by atoms with Gasteiger partial charge in [0, 0.05) is 6.04 Å². The van der Waals surface area contributed by atoms with E-state index in [1.807, 2.05) is 0 Å². The molecule has 4 nitrogen and oxygen atoms in total. The standard InChI is InChI=1S/C5H9NO3S/c1-4-2-10(8,9)3-5(7)6-4/h4H,2-3H2,1H3,(H,6,7). The molecule has 0 radical (unpaired) electrons. The molecular weight excluding hydrogens is 154 g/mol. The SMILES string of the molecule is CC1CS(=O)(=O)CC(=O)N1. The van der Waals surface area contributed by atoms with Crippen molar-refractivity contribution in [2.45, 2.75) is 13.0 Å². The van der Waals surface area contributed by atoms with E-state index in [4.69, 9.17) is 0 Å². The summed E-state index contributed by atoms with van der Waals surface area (Å²) in [6.07, 6.45) is 0. The first kappa shape index (κ1) is 7.53. The van der Waals surface area contributed by atoms with E-state index in [9.17, 15) is 13.2 Å². The van der Waals surface area contributed by atoms with Gasteiger partial charge in [-0.15, -0.1) is 0 Å². The summed E-state index contributed by atoms with van der Waals surface area (Å²) in [5.41, 5.74) is 0. The molecule has 0 bridgehead atoms. The van der Waals surface area contributed by atoms with Gasteiger partial charge in [0.15, 0.2) is 9.84 Å². The van der Waals surface area contributed by atoms with Crippen LogP contribution in [0.15, 0.2) is 0 Å². The van der Waals surface area contributed by atoms with E-state index in [0.717, 1.165) is 0 Å². The number of hydrogen-bond donors (Lipinski definition) is 1. The molecule has 1 aliphatic heterocycles. The minimum Gasteiger partial charge on any atom is -0.352 e. The van der Waals surface area contributed by atoms with E-state index in [2.05, 4.69) is 5.32 Å². The van der Waals surface area contributed by atoms with Crippen molar-refractivity contribution in [3.05, 3.63) is 0 Å². The van der Waals surface area contributed by atoms with Gasteiger partial charge in [-0.3, -0.25) is 4.79 Å². The van der Waals surface area contributed by atoms with Gasteiger partial charge in [-0.2, -0.15) is 0 Å². The van der Waals surface area contributed by atoms with Crippen LogP contribution in [0.5, 0.6) is 0 Å². The number of rotatable bonds is 0. The molecule has 1 atom stereocenters. The molecule has 10 heavy (non-hydrogen) atoms. The first-order valence-corrected chi connectivity index (χ1v) is 4.81. The van der Waals surface area contributed by atoms with Crippen molar-refractivity contribution in [3.8, 4) is 0 Å². The maximum atomic E-state index is 10.8. The summed E-state index contributed by atoms with van der Waals surface area (Å²) in [4.78, 5) is 10.6. The van der Waals surface area contributed by atoms with Crippen molar-refractivity contribution in [2.24, 2.45) is 0 Å². The number of amides is 1. The molecule has 1 heterocycles. The Morgan fingerprint density at radius 3 is 2.60 bits per heavy atom. The van der Waals surface area contributed by atoms with Gasteiger partial charge in [0.2, 0.25) is 5.91 Å². The minimum absolute atomic E-state index is 0.0682. The van der Waals surface area contributed by atoms with E-state index in [1.54, 1.807) is 6.92 Å². The van der Waals surface area contributed by atoms with Crippen LogP contribution in [-0.2, 0) is 14.6 Å². The molecule has 5 heteroatoms. The van der Waals surface area contributed by atoms with Crippen LogP contribution in [0.1, 0.15) is 6.92 Å². The van der Waals surface area contributed by atoms with Crippen LogP contribution in [0, 0.1) is 0 Å². The van der Waals surface area contributed by atoms with E-state index in [-0.39, 0.29) is 17.5 Å². The summed E-state index contributed by atoms with van der Waals surface area (Å²) in [5, 5.41) is 2.52. The minimum atomic E-state index is -3.09. The molecule has 1 unspecified atom stereocenters. The lowest BCUT2D eigenvalue weighted by atomic mass is 10.4.